The molecule has 0 spiro atoms. The first-order chi connectivity index (χ1) is 11.1. The first-order valence-electron chi connectivity index (χ1n) is 7.06. The number of carbonyl (C=O) groups is 1. The molecular weight excluding hydrogens is 297 g/mol. The number of hydrogen-bond donors (Lipinski definition) is 1. The lowest BCUT2D eigenvalue weighted by Crippen LogP contribution is -2.27. The Morgan fingerprint density at radius 1 is 1.17 bits per heavy atom. The fraction of sp³-hybridized carbons (Fsp3) is 0.118. The van der Waals surface area contributed by atoms with Gasteiger partial charge in [0.05, 0.1) is 11.7 Å². The number of carbonyl (C=O) groups excluding carboxylic acids is 1. The topological polar surface area (TPSA) is 68.0 Å². The highest BCUT2D eigenvalue weighted by atomic mass is 19.1. The zero-order valence-electron chi connectivity index (χ0n) is 12.4. The molecule has 0 fully saturated rings. The molecule has 23 heavy (non-hydrogen) atoms. The van der Waals surface area contributed by atoms with Crippen molar-refractivity contribution < 1.29 is 13.6 Å². The molecule has 0 aliphatic heterocycles. The molecule has 0 radical (unpaired) electrons. The van der Waals surface area contributed by atoms with Crippen LogP contribution in [0.2, 0.25) is 0 Å². The number of benzene rings is 1. The van der Waals surface area contributed by atoms with E-state index in [0.717, 1.165) is 5.69 Å². The Labute approximate surface area is 132 Å². The highest BCUT2D eigenvalue weighted by molar-refractivity contribution is 5.97. The molecule has 116 valence electrons. The van der Waals surface area contributed by atoms with E-state index in [1.165, 1.54) is 30.7 Å². The molecule has 0 saturated heterocycles. The van der Waals surface area contributed by atoms with Gasteiger partial charge in [0.2, 0.25) is 0 Å². The van der Waals surface area contributed by atoms with E-state index in [1.54, 1.807) is 6.20 Å². The molecular formula is C17H14FN3O2. The average Bonchev–Trinajstić information content (AvgIpc) is 3.06. The van der Waals surface area contributed by atoms with E-state index < -0.39 is 0 Å². The number of pyridine rings is 1. The summed E-state index contributed by atoms with van der Waals surface area (Å²) in [6.45, 7) is 1.83. The van der Waals surface area contributed by atoms with Crippen molar-refractivity contribution in [3.8, 4) is 11.3 Å². The molecule has 1 amide bonds. The summed E-state index contributed by atoms with van der Waals surface area (Å²) in [5.74, 6) is -0.435. The van der Waals surface area contributed by atoms with Gasteiger partial charge in [-0.05, 0) is 43.3 Å². The van der Waals surface area contributed by atoms with Gasteiger partial charge in [-0.1, -0.05) is 6.07 Å². The van der Waals surface area contributed by atoms with E-state index in [0.29, 0.717) is 11.3 Å². The number of aromatic nitrogens is 2. The Bertz CT molecular complexity index is 800. The molecule has 2 heterocycles. The second kappa shape index (κ2) is 6.39. The van der Waals surface area contributed by atoms with E-state index in [4.69, 9.17) is 4.42 Å². The minimum atomic E-state index is -0.378. The molecule has 1 atom stereocenters. The van der Waals surface area contributed by atoms with Crippen LogP contribution in [0.3, 0.4) is 0 Å². The molecule has 3 rings (SSSR count). The Balaban J connectivity index is 1.81. The minimum absolute atomic E-state index is 0.152. The van der Waals surface area contributed by atoms with Crippen molar-refractivity contribution >= 4 is 5.91 Å². The van der Waals surface area contributed by atoms with Crippen LogP contribution in [0.1, 0.15) is 29.1 Å². The monoisotopic (exact) mass is 311 g/mol. The summed E-state index contributed by atoms with van der Waals surface area (Å²) in [5, 5.41) is 2.82. The van der Waals surface area contributed by atoms with Gasteiger partial charge in [0.25, 0.3) is 5.91 Å². The predicted octanol–water partition coefficient (Wildman–Crippen LogP) is 3.37. The van der Waals surface area contributed by atoms with Crippen LogP contribution in [0.25, 0.3) is 11.3 Å². The number of nitrogens with one attached hydrogen (secondary N) is 1. The first-order valence-corrected chi connectivity index (χ1v) is 7.06. The standard InChI is InChI=1S/C17H14FN3O2/c1-11(14-4-2-3-9-19-14)21-17(22)15-16(23-10-20-15)12-5-7-13(18)8-6-12/h2-11H,1H3,(H,21,22)/t11-/m0/s1. The van der Waals surface area contributed by atoms with Crippen molar-refractivity contribution in [3.63, 3.8) is 0 Å². The van der Waals surface area contributed by atoms with Gasteiger partial charge in [0, 0.05) is 11.8 Å². The molecule has 0 saturated carbocycles. The second-order valence-electron chi connectivity index (χ2n) is 4.99. The quantitative estimate of drug-likeness (QED) is 0.802. The maximum atomic E-state index is 13.0. The maximum absolute atomic E-state index is 13.0. The fourth-order valence-corrected chi connectivity index (χ4v) is 2.19. The first kappa shape index (κ1) is 14.9. The van der Waals surface area contributed by atoms with Gasteiger partial charge >= 0.3 is 0 Å². The van der Waals surface area contributed by atoms with Crippen molar-refractivity contribution in [1.29, 1.82) is 0 Å². The predicted molar refractivity (Wildman–Crippen MR) is 82.0 cm³/mol. The van der Waals surface area contributed by atoms with Crippen molar-refractivity contribution in [2.45, 2.75) is 13.0 Å². The largest absolute Gasteiger partial charge is 0.443 e. The molecule has 0 aliphatic rings. The molecule has 6 heteroatoms. The lowest BCUT2D eigenvalue weighted by Gasteiger charge is -2.12. The average molecular weight is 311 g/mol. The van der Waals surface area contributed by atoms with Gasteiger partial charge in [-0.25, -0.2) is 9.37 Å². The highest BCUT2D eigenvalue weighted by Crippen LogP contribution is 2.23. The molecule has 2 aromatic heterocycles. The number of nitrogens with zero attached hydrogens (tertiary/aromatic N) is 2. The van der Waals surface area contributed by atoms with Gasteiger partial charge in [-0.15, -0.1) is 0 Å². The third-order valence-electron chi connectivity index (χ3n) is 3.37. The summed E-state index contributed by atoms with van der Waals surface area (Å²) >= 11 is 0. The molecule has 0 unspecified atom stereocenters. The second-order valence-corrected chi connectivity index (χ2v) is 4.99. The number of amides is 1. The molecule has 3 aromatic rings. The van der Waals surface area contributed by atoms with Crippen LogP contribution in [-0.4, -0.2) is 15.9 Å². The van der Waals surface area contributed by atoms with Crippen LogP contribution in [0.4, 0.5) is 4.39 Å². The fourth-order valence-electron chi connectivity index (χ4n) is 2.19. The van der Waals surface area contributed by atoms with Crippen LogP contribution in [-0.2, 0) is 0 Å². The molecule has 0 bridgehead atoms. The van der Waals surface area contributed by atoms with Crippen LogP contribution in [0.5, 0.6) is 0 Å². The lowest BCUT2D eigenvalue weighted by molar-refractivity contribution is 0.0935. The van der Waals surface area contributed by atoms with Crippen molar-refractivity contribution in [3.05, 3.63) is 72.3 Å². The number of rotatable bonds is 4. The Morgan fingerprint density at radius 2 is 1.96 bits per heavy atom. The summed E-state index contributed by atoms with van der Waals surface area (Å²) in [6, 6.07) is 10.9. The molecule has 1 N–H and O–H groups in total. The SMILES string of the molecule is C[C@H](NC(=O)c1ncoc1-c1ccc(F)cc1)c1ccccn1. The Hall–Kier alpha value is -3.02. The van der Waals surface area contributed by atoms with Gasteiger partial charge in [0.15, 0.2) is 17.8 Å². The van der Waals surface area contributed by atoms with Crippen molar-refractivity contribution in [2.24, 2.45) is 0 Å². The highest BCUT2D eigenvalue weighted by Gasteiger charge is 2.20. The van der Waals surface area contributed by atoms with E-state index in [-0.39, 0.29) is 23.5 Å². The zero-order chi connectivity index (χ0) is 16.2. The van der Waals surface area contributed by atoms with Crippen molar-refractivity contribution in [1.82, 2.24) is 15.3 Å². The van der Waals surface area contributed by atoms with Crippen LogP contribution >= 0.6 is 0 Å². The Morgan fingerprint density at radius 3 is 2.65 bits per heavy atom. The van der Waals surface area contributed by atoms with Gasteiger partial charge in [-0.2, -0.15) is 0 Å². The van der Waals surface area contributed by atoms with Gasteiger partial charge < -0.3 is 9.73 Å². The van der Waals surface area contributed by atoms with Gasteiger partial charge in [-0.3, -0.25) is 9.78 Å². The number of halogens is 1. The smallest absolute Gasteiger partial charge is 0.274 e. The van der Waals surface area contributed by atoms with E-state index in [2.05, 4.69) is 15.3 Å². The molecule has 1 aromatic carbocycles. The summed E-state index contributed by atoms with van der Waals surface area (Å²) in [5.41, 5.74) is 1.48. The molecule has 5 nitrogen and oxygen atoms in total. The van der Waals surface area contributed by atoms with Gasteiger partial charge in [0.1, 0.15) is 5.82 Å². The summed E-state index contributed by atoms with van der Waals surface area (Å²) in [6.07, 6.45) is 2.86. The zero-order valence-corrected chi connectivity index (χ0v) is 12.4. The minimum Gasteiger partial charge on any atom is -0.443 e. The number of hydrogen-bond acceptors (Lipinski definition) is 4. The lowest BCUT2D eigenvalue weighted by atomic mass is 10.1. The summed E-state index contributed by atoms with van der Waals surface area (Å²) < 4.78 is 18.3. The van der Waals surface area contributed by atoms with Crippen LogP contribution < -0.4 is 5.32 Å². The maximum Gasteiger partial charge on any atom is 0.274 e. The third-order valence-corrected chi connectivity index (χ3v) is 3.37. The third kappa shape index (κ3) is 3.26. The van der Waals surface area contributed by atoms with E-state index in [9.17, 15) is 9.18 Å². The molecule has 0 aliphatic carbocycles. The normalized spacial score (nSPS) is 11.9. The van der Waals surface area contributed by atoms with E-state index in [1.807, 2.05) is 25.1 Å². The Kier molecular flexibility index (Phi) is 4.14. The summed E-state index contributed by atoms with van der Waals surface area (Å²) in [7, 11) is 0. The summed E-state index contributed by atoms with van der Waals surface area (Å²) in [4.78, 5) is 20.6. The van der Waals surface area contributed by atoms with Crippen LogP contribution in [0, 0.1) is 5.82 Å². The van der Waals surface area contributed by atoms with E-state index >= 15 is 0 Å². The van der Waals surface area contributed by atoms with Crippen molar-refractivity contribution in [2.75, 3.05) is 0 Å². The number of oxazole rings is 1. The van der Waals surface area contributed by atoms with Crippen LogP contribution in [0.15, 0.2) is 59.5 Å².